The topological polar surface area (TPSA) is 49.3 Å². The summed E-state index contributed by atoms with van der Waals surface area (Å²) in [5.74, 6) is 0.386. The molecule has 1 saturated carbocycles. The van der Waals surface area contributed by atoms with Crippen LogP contribution >= 0.6 is 0 Å². The van der Waals surface area contributed by atoms with Gasteiger partial charge in [0.05, 0.1) is 5.92 Å². The highest BCUT2D eigenvalue weighted by Gasteiger charge is 2.40. The summed E-state index contributed by atoms with van der Waals surface area (Å²) in [5.41, 5.74) is 0. The first-order valence-corrected chi connectivity index (χ1v) is 4.21. The molecular weight excluding hydrogens is 142 g/mol. The summed E-state index contributed by atoms with van der Waals surface area (Å²) in [6.45, 7) is 1.94. The molecule has 62 valence electrons. The maximum atomic E-state index is 10.7. The van der Waals surface area contributed by atoms with Gasteiger partial charge >= 0.3 is 5.97 Å². The molecule has 1 aliphatic heterocycles. The van der Waals surface area contributed by atoms with Crippen molar-refractivity contribution in [1.82, 2.24) is 5.32 Å². The largest absolute Gasteiger partial charge is 0.481 e. The number of carbonyl (C=O) groups is 1. The molecule has 0 aromatic rings. The van der Waals surface area contributed by atoms with Crippen LogP contribution in [-0.4, -0.2) is 24.2 Å². The molecule has 11 heavy (non-hydrogen) atoms. The van der Waals surface area contributed by atoms with Gasteiger partial charge in [-0.15, -0.1) is 0 Å². The van der Waals surface area contributed by atoms with Gasteiger partial charge in [-0.2, -0.15) is 0 Å². The van der Waals surface area contributed by atoms with Crippen molar-refractivity contribution in [2.75, 3.05) is 13.1 Å². The van der Waals surface area contributed by atoms with Crippen LogP contribution in [0.5, 0.6) is 0 Å². The summed E-state index contributed by atoms with van der Waals surface area (Å²) in [4.78, 5) is 10.7. The standard InChI is InChI=1S/C8H13NO2/c10-8(11)7-2-5-1-6(7)4-9-3-5/h5-7,9H,1-4H2,(H,10,11)/t5-,6-,7+/m1/s1. The van der Waals surface area contributed by atoms with Crippen LogP contribution in [0.4, 0.5) is 0 Å². The second-order valence-corrected chi connectivity index (χ2v) is 3.70. The smallest absolute Gasteiger partial charge is 0.306 e. The van der Waals surface area contributed by atoms with E-state index in [0.717, 1.165) is 25.9 Å². The van der Waals surface area contributed by atoms with Gasteiger partial charge in [0, 0.05) is 0 Å². The van der Waals surface area contributed by atoms with E-state index in [4.69, 9.17) is 5.11 Å². The van der Waals surface area contributed by atoms with E-state index in [2.05, 4.69) is 5.32 Å². The van der Waals surface area contributed by atoms with Gasteiger partial charge in [0.1, 0.15) is 0 Å². The molecule has 3 heteroatoms. The van der Waals surface area contributed by atoms with Gasteiger partial charge in [0.25, 0.3) is 0 Å². The van der Waals surface area contributed by atoms with Crippen LogP contribution in [0.15, 0.2) is 0 Å². The van der Waals surface area contributed by atoms with Crippen LogP contribution in [0.1, 0.15) is 12.8 Å². The molecule has 1 saturated heterocycles. The molecule has 0 amide bonds. The number of fused-ring (bicyclic) bond motifs is 2. The first kappa shape index (κ1) is 7.10. The molecule has 3 nitrogen and oxygen atoms in total. The number of carboxylic acids is 1. The number of piperidine rings is 1. The average Bonchev–Trinajstić information content (AvgIpc) is 2.27. The van der Waals surface area contributed by atoms with Gasteiger partial charge in [-0.1, -0.05) is 0 Å². The van der Waals surface area contributed by atoms with Gasteiger partial charge in [0.15, 0.2) is 0 Å². The number of rotatable bonds is 1. The Bertz CT molecular complexity index is 181. The first-order valence-electron chi connectivity index (χ1n) is 4.21. The lowest BCUT2D eigenvalue weighted by molar-refractivity contribution is -0.142. The van der Waals surface area contributed by atoms with E-state index < -0.39 is 5.97 Å². The van der Waals surface area contributed by atoms with Crippen LogP contribution in [0.3, 0.4) is 0 Å². The second kappa shape index (κ2) is 2.48. The molecule has 0 unspecified atom stereocenters. The molecular formula is C8H13NO2. The Labute approximate surface area is 65.8 Å². The van der Waals surface area contributed by atoms with Crippen molar-refractivity contribution in [3.05, 3.63) is 0 Å². The van der Waals surface area contributed by atoms with Gasteiger partial charge in [-0.3, -0.25) is 4.79 Å². The minimum atomic E-state index is -0.596. The van der Waals surface area contributed by atoms with Crippen molar-refractivity contribution in [3.63, 3.8) is 0 Å². The lowest BCUT2D eigenvalue weighted by atomic mass is 9.96. The second-order valence-electron chi connectivity index (χ2n) is 3.70. The third kappa shape index (κ3) is 1.13. The SMILES string of the molecule is O=C(O)[C@H]1C[C@@H]2CNC[C@H]1C2. The summed E-state index contributed by atoms with van der Waals surface area (Å²) >= 11 is 0. The molecule has 0 radical (unpaired) electrons. The third-order valence-electron chi connectivity index (χ3n) is 2.95. The highest BCUT2D eigenvalue weighted by Crippen LogP contribution is 2.38. The molecule has 0 aromatic heterocycles. The number of nitrogens with one attached hydrogen (secondary N) is 1. The first-order chi connectivity index (χ1) is 5.27. The van der Waals surface area contributed by atoms with Crippen LogP contribution in [0.2, 0.25) is 0 Å². The van der Waals surface area contributed by atoms with E-state index in [1.54, 1.807) is 0 Å². The lowest BCUT2D eigenvalue weighted by Crippen LogP contribution is -2.32. The molecule has 1 heterocycles. The van der Waals surface area contributed by atoms with E-state index in [9.17, 15) is 4.79 Å². The van der Waals surface area contributed by atoms with E-state index >= 15 is 0 Å². The van der Waals surface area contributed by atoms with E-state index in [0.29, 0.717) is 11.8 Å². The zero-order chi connectivity index (χ0) is 7.84. The van der Waals surface area contributed by atoms with Crippen LogP contribution in [-0.2, 0) is 4.79 Å². The summed E-state index contributed by atoms with van der Waals surface area (Å²) in [5, 5.41) is 12.1. The Hall–Kier alpha value is -0.570. The van der Waals surface area contributed by atoms with Gasteiger partial charge in [-0.25, -0.2) is 0 Å². The van der Waals surface area contributed by atoms with Crippen LogP contribution in [0.25, 0.3) is 0 Å². The van der Waals surface area contributed by atoms with Crippen molar-refractivity contribution in [2.24, 2.45) is 17.8 Å². The van der Waals surface area contributed by atoms with E-state index in [-0.39, 0.29) is 5.92 Å². The maximum Gasteiger partial charge on any atom is 0.306 e. The number of carboxylic acid groups (broad SMARTS) is 1. The van der Waals surface area contributed by atoms with Gasteiger partial charge in [-0.05, 0) is 37.8 Å². The molecule has 2 fully saturated rings. The van der Waals surface area contributed by atoms with Gasteiger partial charge < -0.3 is 10.4 Å². The fourth-order valence-electron chi connectivity index (χ4n) is 2.41. The maximum absolute atomic E-state index is 10.7. The van der Waals surface area contributed by atoms with Crippen LogP contribution < -0.4 is 5.32 Å². The molecule has 2 N–H and O–H groups in total. The van der Waals surface area contributed by atoms with Crippen molar-refractivity contribution in [1.29, 1.82) is 0 Å². The Morgan fingerprint density at radius 3 is 2.82 bits per heavy atom. The van der Waals surface area contributed by atoms with Crippen molar-refractivity contribution >= 4 is 5.97 Å². The number of hydrogen-bond donors (Lipinski definition) is 2. The Balaban J connectivity index is 2.08. The van der Waals surface area contributed by atoms with Crippen LogP contribution in [0, 0.1) is 17.8 Å². The molecule has 3 atom stereocenters. The quantitative estimate of drug-likeness (QED) is 0.573. The zero-order valence-corrected chi connectivity index (χ0v) is 6.42. The molecule has 0 spiro atoms. The minimum absolute atomic E-state index is 0.0602. The van der Waals surface area contributed by atoms with Gasteiger partial charge in [0.2, 0.25) is 0 Å². The van der Waals surface area contributed by atoms with Crippen molar-refractivity contribution < 1.29 is 9.90 Å². The van der Waals surface area contributed by atoms with Crippen molar-refractivity contribution in [2.45, 2.75) is 12.8 Å². The number of hydrogen-bond acceptors (Lipinski definition) is 2. The average molecular weight is 155 g/mol. The summed E-state index contributed by atoms with van der Waals surface area (Å²) in [7, 11) is 0. The summed E-state index contributed by atoms with van der Waals surface area (Å²) in [6, 6.07) is 0. The molecule has 1 aliphatic carbocycles. The third-order valence-corrected chi connectivity index (χ3v) is 2.95. The molecule has 0 aromatic carbocycles. The van der Waals surface area contributed by atoms with E-state index in [1.165, 1.54) is 0 Å². The summed E-state index contributed by atoms with van der Waals surface area (Å²) in [6.07, 6.45) is 2.02. The minimum Gasteiger partial charge on any atom is -0.481 e. The number of aliphatic carboxylic acids is 1. The Kier molecular flexibility index (Phi) is 1.60. The molecule has 2 aliphatic rings. The predicted octanol–water partition coefficient (Wildman–Crippen LogP) is 0.317. The normalized spacial score (nSPS) is 42.4. The highest BCUT2D eigenvalue weighted by molar-refractivity contribution is 5.70. The predicted molar refractivity (Wildman–Crippen MR) is 40.2 cm³/mol. The summed E-state index contributed by atoms with van der Waals surface area (Å²) < 4.78 is 0. The fourth-order valence-corrected chi connectivity index (χ4v) is 2.41. The molecule has 2 rings (SSSR count). The molecule has 2 bridgehead atoms. The fraction of sp³-hybridized carbons (Fsp3) is 0.875. The van der Waals surface area contributed by atoms with E-state index in [1.807, 2.05) is 0 Å². The Morgan fingerprint density at radius 1 is 1.36 bits per heavy atom. The monoisotopic (exact) mass is 155 g/mol. The Morgan fingerprint density at radius 2 is 2.18 bits per heavy atom. The zero-order valence-electron chi connectivity index (χ0n) is 6.42. The van der Waals surface area contributed by atoms with Crippen molar-refractivity contribution in [3.8, 4) is 0 Å². The highest BCUT2D eigenvalue weighted by atomic mass is 16.4. The lowest BCUT2D eigenvalue weighted by Gasteiger charge is -2.20.